The van der Waals surface area contributed by atoms with Gasteiger partial charge in [-0.25, -0.2) is 4.79 Å². The number of aromatic nitrogens is 2. The number of carboxylic acids is 1. The van der Waals surface area contributed by atoms with E-state index in [1.807, 2.05) is 24.4 Å². The van der Waals surface area contributed by atoms with Gasteiger partial charge in [-0.2, -0.15) is 0 Å². The van der Waals surface area contributed by atoms with E-state index < -0.39 is 5.97 Å². The summed E-state index contributed by atoms with van der Waals surface area (Å²) in [6.45, 7) is 0. The van der Waals surface area contributed by atoms with Crippen LogP contribution in [0.2, 0.25) is 0 Å². The highest BCUT2D eigenvalue weighted by Gasteiger charge is 2.18. The summed E-state index contributed by atoms with van der Waals surface area (Å²) >= 11 is 0. The molecule has 0 aliphatic heterocycles. The first-order chi connectivity index (χ1) is 8.77. The molecule has 0 aliphatic carbocycles. The van der Waals surface area contributed by atoms with Crippen molar-refractivity contribution in [1.29, 1.82) is 0 Å². The van der Waals surface area contributed by atoms with Gasteiger partial charge in [-0.3, -0.25) is 4.98 Å². The van der Waals surface area contributed by atoms with Crippen molar-refractivity contribution in [2.45, 2.75) is 0 Å². The lowest BCUT2D eigenvalue weighted by Gasteiger charge is -1.98. The van der Waals surface area contributed by atoms with Crippen LogP contribution in [0.3, 0.4) is 0 Å². The quantitative estimate of drug-likeness (QED) is 0.746. The average molecular weight is 238 g/mol. The number of hydrogen-bond acceptors (Lipinski definition) is 2. The summed E-state index contributed by atoms with van der Waals surface area (Å²) < 4.78 is 1.80. The summed E-state index contributed by atoms with van der Waals surface area (Å²) in [4.78, 5) is 15.6. The van der Waals surface area contributed by atoms with Gasteiger partial charge >= 0.3 is 5.97 Å². The molecule has 18 heavy (non-hydrogen) atoms. The van der Waals surface area contributed by atoms with Crippen molar-refractivity contribution < 1.29 is 9.90 Å². The largest absolute Gasteiger partial charge is 0.478 e. The molecule has 4 nitrogen and oxygen atoms in total. The summed E-state index contributed by atoms with van der Waals surface area (Å²) in [6, 6.07) is 10.9. The Morgan fingerprint density at radius 2 is 2.00 bits per heavy atom. The Balaban J connectivity index is 2.36. The van der Waals surface area contributed by atoms with Crippen molar-refractivity contribution in [2.75, 3.05) is 0 Å². The van der Waals surface area contributed by atoms with Crippen LogP contribution in [-0.2, 0) is 0 Å². The minimum atomic E-state index is -0.940. The zero-order chi connectivity index (χ0) is 12.5. The van der Waals surface area contributed by atoms with Gasteiger partial charge in [0.1, 0.15) is 0 Å². The van der Waals surface area contributed by atoms with E-state index in [2.05, 4.69) is 4.98 Å². The molecule has 0 spiro atoms. The molecule has 0 aliphatic rings. The molecule has 3 rings (SSSR count). The topological polar surface area (TPSA) is 54.6 Å². The lowest BCUT2D eigenvalue weighted by molar-refractivity contribution is 0.0700. The molecule has 88 valence electrons. The summed E-state index contributed by atoms with van der Waals surface area (Å²) in [7, 11) is 0. The molecule has 3 heterocycles. The minimum absolute atomic E-state index is 0.286. The lowest BCUT2D eigenvalue weighted by Crippen LogP contribution is -1.98. The highest BCUT2D eigenvalue weighted by molar-refractivity contribution is 6.03. The van der Waals surface area contributed by atoms with Crippen molar-refractivity contribution in [1.82, 2.24) is 9.38 Å². The van der Waals surface area contributed by atoms with Gasteiger partial charge in [0.15, 0.2) is 0 Å². The number of pyridine rings is 2. The predicted molar refractivity (Wildman–Crippen MR) is 67.6 cm³/mol. The first-order valence-electron chi connectivity index (χ1n) is 5.52. The fourth-order valence-electron chi connectivity index (χ4n) is 2.06. The van der Waals surface area contributed by atoms with Gasteiger partial charge < -0.3 is 9.51 Å². The fraction of sp³-hybridized carbons (Fsp3) is 0. The Kier molecular flexibility index (Phi) is 2.34. The molecule has 0 bridgehead atoms. The van der Waals surface area contributed by atoms with Crippen LogP contribution >= 0.6 is 0 Å². The Morgan fingerprint density at radius 3 is 2.72 bits per heavy atom. The van der Waals surface area contributed by atoms with Gasteiger partial charge in [0.2, 0.25) is 0 Å². The number of nitrogens with zero attached hydrogens (tertiary/aromatic N) is 2. The first kappa shape index (κ1) is 10.5. The summed E-state index contributed by atoms with van der Waals surface area (Å²) in [5, 5.41) is 9.37. The standard InChI is InChI=1S/C14H10N2O2/c17-14(18)13-10(11-5-1-3-7-15-11)9-16-8-4-2-6-12(13)16/h1-9H,(H,17,18). The molecule has 0 amide bonds. The van der Waals surface area contributed by atoms with Crippen LogP contribution in [0.1, 0.15) is 10.4 Å². The minimum Gasteiger partial charge on any atom is -0.478 e. The van der Waals surface area contributed by atoms with Crippen molar-refractivity contribution in [2.24, 2.45) is 0 Å². The van der Waals surface area contributed by atoms with E-state index >= 15 is 0 Å². The second-order valence-corrected chi connectivity index (χ2v) is 3.93. The van der Waals surface area contributed by atoms with Gasteiger partial charge in [-0.05, 0) is 24.3 Å². The van der Waals surface area contributed by atoms with Crippen LogP contribution in [0.5, 0.6) is 0 Å². The molecule has 3 aromatic heterocycles. The molecule has 1 N–H and O–H groups in total. The molecule has 0 atom stereocenters. The van der Waals surface area contributed by atoms with Crippen LogP contribution in [0, 0.1) is 0 Å². The predicted octanol–water partition coefficient (Wildman–Crippen LogP) is 2.70. The molecular formula is C14H10N2O2. The van der Waals surface area contributed by atoms with Crippen molar-refractivity contribution >= 4 is 11.5 Å². The second-order valence-electron chi connectivity index (χ2n) is 3.93. The smallest absolute Gasteiger partial charge is 0.338 e. The molecule has 0 radical (unpaired) electrons. The van der Waals surface area contributed by atoms with E-state index in [9.17, 15) is 9.90 Å². The zero-order valence-corrected chi connectivity index (χ0v) is 9.45. The summed E-state index contributed by atoms with van der Waals surface area (Å²) in [5.41, 5.74) is 2.26. The van der Waals surface area contributed by atoms with E-state index in [0.717, 1.165) is 0 Å². The maximum atomic E-state index is 11.4. The second kappa shape index (κ2) is 4.00. The molecule has 0 saturated heterocycles. The molecule has 0 aromatic carbocycles. The van der Waals surface area contributed by atoms with E-state index in [1.165, 1.54) is 0 Å². The number of hydrogen-bond donors (Lipinski definition) is 1. The Labute approximate surface area is 103 Å². The Morgan fingerprint density at radius 1 is 1.17 bits per heavy atom. The monoisotopic (exact) mass is 238 g/mol. The SMILES string of the molecule is O=C(O)c1c(-c2ccccn2)cn2ccccc12. The summed E-state index contributed by atoms with van der Waals surface area (Å²) in [5.74, 6) is -0.940. The average Bonchev–Trinajstić information content (AvgIpc) is 2.79. The number of aromatic carboxylic acids is 1. The van der Waals surface area contributed by atoms with Crippen LogP contribution in [0.15, 0.2) is 55.0 Å². The van der Waals surface area contributed by atoms with E-state index in [4.69, 9.17) is 0 Å². The molecule has 4 heteroatoms. The van der Waals surface area contributed by atoms with Crippen molar-refractivity contribution in [3.05, 3.63) is 60.6 Å². The summed E-state index contributed by atoms with van der Waals surface area (Å²) in [6.07, 6.45) is 5.28. The van der Waals surface area contributed by atoms with Gasteiger partial charge in [-0.15, -0.1) is 0 Å². The number of carbonyl (C=O) groups is 1. The van der Waals surface area contributed by atoms with Crippen LogP contribution < -0.4 is 0 Å². The Hall–Kier alpha value is -2.62. The fourth-order valence-corrected chi connectivity index (χ4v) is 2.06. The third-order valence-electron chi connectivity index (χ3n) is 2.84. The highest BCUT2D eigenvalue weighted by atomic mass is 16.4. The number of rotatable bonds is 2. The third kappa shape index (κ3) is 1.55. The first-order valence-corrected chi connectivity index (χ1v) is 5.52. The third-order valence-corrected chi connectivity index (χ3v) is 2.84. The van der Waals surface area contributed by atoms with Gasteiger partial charge in [0.05, 0.1) is 16.8 Å². The van der Waals surface area contributed by atoms with Gasteiger partial charge in [0.25, 0.3) is 0 Å². The molecule has 3 aromatic rings. The normalized spacial score (nSPS) is 10.7. The highest BCUT2D eigenvalue weighted by Crippen LogP contribution is 2.27. The van der Waals surface area contributed by atoms with Crippen LogP contribution in [-0.4, -0.2) is 20.5 Å². The van der Waals surface area contributed by atoms with Gasteiger partial charge in [0, 0.05) is 24.2 Å². The van der Waals surface area contributed by atoms with Crippen molar-refractivity contribution in [3.63, 3.8) is 0 Å². The maximum Gasteiger partial charge on any atom is 0.338 e. The van der Waals surface area contributed by atoms with Crippen LogP contribution in [0.4, 0.5) is 0 Å². The molecular weight excluding hydrogens is 228 g/mol. The van der Waals surface area contributed by atoms with Crippen molar-refractivity contribution in [3.8, 4) is 11.3 Å². The number of carboxylic acid groups (broad SMARTS) is 1. The van der Waals surface area contributed by atoms with Crippen LogP contribution in [0.25, 0.3) is 16.8 Å². The molecule has 0 saturated carbocycles. The molecule has 0 unspecified atom stereocenters. The lowest BCUT2D eigenvalue weighted by atomic mass is 10.1. The maximum absolute atomic E-state index is 11.4. The Bertz CT molecular complexity index is 717. The van der Waals surface area contributed by atoms with E-state index in [0.29, 0.717) is 16.8 Å². The zero-order valence-electron chi connectivity index (χ0n) is 9.45. The van der Waals surface area contributed by atoms with E-state index in [1.54, 1.807) is 35.0 Å². The van der Waals surface area contributed by atoms with E-state index in [-0.39, 0.29) is 5.56 Å². The van der Waals surface area contributed by atoms with Gasteiger partial charge in [-0.1, -0.05) is 12.1 Å². The number of fused-ring (bicyclic) bond motifs is 1. The molecule has 0 fully saturated rings.